The van der Waals surface area contributed by atoms with E-state index in [2.05, 4.69) is 15.0 Å². The molecule has 4 rings (SSSR count). The van der Waals surface area contributed by atoms with Crippen LogP contribution in [0.15, 0.2) is 41.7 Å². The summed E-state index contributed by atoms with van der Waals surface area (Å²) in [4.78, 5) is 13.0. The topological polar surface area (TPSA) is 48.0 Å². The van der Waals surface area contributed by atoms with E-state index in [1.807, 2.05) is 35.7 Å². The van der Waals surface area contributed by atoms with Crippen LogP contribution in [0.4, 0.5) is 13.2 Å². The molecule has 0 aliphatic heterocycles. The first kappa shape index (κ1) is 16.9. The van der Waals surface area contributed by atoms with Gasteiger partial charge in [-0.1, -0.05) is 13.0 Å². The van der Waals surface area contributed by atoms with Crippen LogP contribution in [-0.4, -0.2) is 29.7 Å². The Morgan fingerprint density at radius 1 is 1.19 bits per heavy atom. The van der Waals surface area contributed by atoms with Crippen LogP contribution in [0.5, 0.6) is 0 Å². The van der Waals surface area contributed by atoms with Crippen molar-refractivity contribution in [3.05, 3.63) is 42.2 Å². The number of pyridine rings is 2. The van der Waals surface area contributed by atoms with Gasteiger partial charge in [-0.25, -0.2) is 15.0 Å². The molecule has 0 aromatic carbocycles. The fraction of sp³-hybridized carbons (Fsp3) is 0.235. The van der Waals surface area contributed by atoms with E-state index in [4.69, 9.17) is 0 Å². The molecule has 9 heteroatoms. The molecular weight excluding hydrogens is 363 g/mol. The normalized spacial score (nSPS) is 12.3. The summed E-state index contributed by atoms with van der Waals surface area (Å²) in [7, 11) is 1.74. The monoisotopic (exact) mass is 377 g/mol. The van der Waals surface area contributed by atoms with Crippen molar-refractivity contribution in [1.82, 2.24) is 23.9 Å². The molecule has 0 unspecified atom stereocenters. The molecule has 0 spiro atoms. The molecule has 0 saturated heterocycles. The molecule has 0 radical (unpaired) electrons. The second-order valence-corrected chi connectivity index (χ2v) is 6.94. The van der Waals surface area contributed by atoms with Gasteiger partial charge in [0.15, 0.2) is 11.5 Å². The highest BCUT2D eigenvalue weighted by Gasteiger charge is 2.32. The van der Waals surface area contributed by atoms with Crippen molar-refractivity contribution in [2.75, 3.05) is 5.75 Å². The van der Waals surface area contributed by atoms with Crippen molar-refractivity contribution < 1.29 is 13.2 Å². The average Bonchev–Trinajstić information content (AvgIpc) is 3.11. The molecule has 0 amide bonds. The molecule has 0 N–H and O–H groups in total. The molecule has 134 valence electrons. The minimum Gasteiger partial charge on any atom is -0.310 e. The van der Waals surface area contributed by atoms with Crippen LogP contribution in [-0.2, 0) is 13.2 Å². The number of aromatic nitrogens is 5. The molecule has 0 atom stereocenters. The van der Waals surface area contributed by atoms with Gasteiger partial charge in [0.05, 0.1) is 5.56 Å². The lowest BCUT2D eigenvalue weighted by Crippen LogP contribution is -2.05. The summed E-state index contributed by atoms with van der Waals surface area (Å²) >= 11 is 1.56. The molecule has 4 aromatic heterocycles. The highest BCUT2D eigenvalue weighted by molar-refractivity contribution is 7.99. The van der Waals surface area contributed by atoms with Gasteiger partial charge in [0.25, 0.3) is 0 Å². The number of thioether (sulfide) groups is 1. The number of fused-ring (bicyclic) bond motifs is 2. The highest BCUT2D eigenvalue weighted by Crippen LogP contribution is 2.34. The van der Waals surface area contributed by atoms with Crippen LogP contribution < -0.4 is 0 Å². The Balaban J connectivity index is 1.99. The highest BCUT2D eigenvalue weighted by atomic mass is 32.2. The van der Waals surface area contributed by atoms with Crippen molar-refractivity contribution in [3.63, 3.8) is 0 Å². The minimum absolute atomic E-state index is 0.204. The van der Waals surface area contributed by atoms with Crippen molar-refractivity contribution in [2.45, 2.75) is 18.1 Å². The number of imidazole rings is 2. The van der Waals surface area contributed by atoms with Crippen LogP contribution in [0.2, 0.25) is 0 Å². The molecule has 4 aromatic rings. The fourth-order valence-corrected chi connectivity index (χ4v) is 3.62. The van der Waals surface area contributed by atoms with E-state index in [1.165, 1.54) is 0 Å². The Morgan fingerprint density at radius 3 is 2.73 bits per heavy atom. The largest absolute Gasteiger partial charge is 0.417 e. The standard InChI is InChI=1S/C17H14F3N5S/c1-3-26-16-13(25-7-5-4-6-12(25)23-16)15-22-11-8-10(17(18,19)20)9-21-14(11)24(15)2/h4-9H,3H2,1-2H3. The maximum Gasteiger partial charge on any atom is 0.417 e. The first-order chi connectivity index (χ1) is 12.4. The van der Waals surface area contributed by atoms with Crippen LogP contribution >= 0.6 is 11.8 Å². The summed E-state index contributed by atoms with van der Waals surface area (Å²) in [5.41, 5.74) is 1.30. The molecule has 0 fully saturated rings. The molecule has 26 heavy (non-hydrogen) atoms. The Labute approximate surface area is 150 Å². The van der Waals surface area contributed by atoms with E-state index in [-0.39, 0.29) is 5.52 Å². The van der Waals surface area contributed by atoms with E-state index >= 15 is 0 Å². The summed E-state index contributed by atoms with van der Waals surface area (Å²) in [6.45, 7) is 2.02. The number of aryl methyl sites for hydroxylation is 1. The third kappa shape index (κ3) is 2.63. The van der Waals surface area contributed by atoms with E-state index in [1.54, 1.807) is 23.4 Å². The first-order valence-electron chi connectivity index (χ1n) is 7.90. The van der Waals surface area contributed by atoms with Crippen molar-refractivity contribution in [1.29, 1.82) is 0 Å². The number of nitrogens with zero attached hydrogens (tertiary/aromatic N) is 5. The number of halogens is 3. The molecule has 4 heterocycles. The Kier molecular flexibility index (Phi) is 3.91. The van der Waals surface area contributed by atoms with Crippen LogP contribution in [0.3, 0.4) is 0 Å². The van der Waals surface area contributed by atoms with Gasteiger partial charge < -0.3 is 4.57 Å². The fourth-order valence-electron chi connectivity index (χ4n) is 2.86. The van der Waals surface area contributed by atoms with Crippen LogP contribution in [0.1, 0.15) is 12.5 Å². The van der Waals surface area contributed by atoms with Gasteiger partial charge in [0.2, 0.25) is 0 Å². The maximum absolute atomic E-state index is 13.0. The zero-order valence-corrected chi connectivity index (χ0v) is 14.8. The van der Waals surface area contributed by atoms with Gasteiger partial charge in [-0.05, 0) is 24.0 Å². The average molecular weight is 377 g/mol. The minimum atomic E-state index is -4.45. The zero-order valence-electron chi connectivity index (χ0n) is 13.9. The number of hydrogen-bond donors (Lipinski definition) is 0. The number of alkyl halides is 3. The van der Waals surface area contributed by atoms with Crippen molar-refractivity contribution in [2.24, 2.45) is 7.05 Å². The van der Waals surface area contributed by atoms with Crippen molar-refractivity contribution in [3.8, 4) is 11.5 Å². The third-order valence-electron chi connectivity index (χ3n) is 4.03. The molecular formula is C17H14F3N5S. The number of rotatable bonds is 3. The van der Waals surface area contributed by atoms with Crippen LogP contribution in [0.25, 0.3) is 28.3 Å². The molecule has 0 saturated carbocycles. The molecule has 0 aliphatic carbocycles. The van der Waals surface area contributed by atoms with Gasteiger partial charge >= 0.3 is 6.18 Å². The summed E-state index contributed by atoms with van der Waals surface area (Å²) in [5, 5.41) is 0.785. The second kappa shape index (κ2) is 6.01. The van der Waals surface area contributed by atoms with Gasteiger partial charge in [0, 0.05) is 19.4 Å². The van der Waals surface area contributed by atoms with Gasteiger partial charge in [-0.2, -0.15) is 13.2 Å². The molecule has 5 nitrogen and oxygen atoms in total. The predicted molar refractivity (Wildman–Crippen MR) is 94.1 cm³/mol. The van der Waals surface area contributed by atoms with E-state index in [9.17, 15) is 13.2 Å². The smallest absolute Gasteiger partial charge is 0.310 e. The third-order valence-corrected chi connectivity index (χ3v) is 4.87. The number of hydrogen-bond acceptors (Lipinski definition) is 4. The van der Waals surface area contributed by atoms with E-state index in [0.29, 0.717) is 11.5 Å². The lowest BCUT2D eigenvalue weighted by Gasteiger charge is -2.05. The lowest BCUT2D eigenvalue weighted by atomic mass is 10.2. The first-order valence-corrected chi connectivity index (χ1v) is 8.88. The zero-order chi connectivity index (χ0) is 18.5. The Morgan fingerprint density at radius 2 is 2.00 bits per heavy atom. The molecule has 0 aliphatic rings. The Bertz CT molecular complexity index is 1110. The quantitative estimate of drug-likeness (QED) is 0.496. The summed E-state index contributed by atoms with van der Waals surface area (Å²) in [6.07, 6.45) is -1.75. The van der Waals surface area contributed by atoms with E-state index in [0.717, 1.165) is 34.4 Å². The molecule has 0 bridgehead atoms. The summed E-state index contributed by atoms with van der Waals surface area (Å²) < 4.78 is 42.5. The maximum atomic E-state index is 13.0. The summed E-state index contributed by atoms with van der Waals surface area (Å²) in [5.74, 6) is 1.35. The van der Waals surface area contributed by atoms with Crippen LogP contribution in [0, 0.1) is 0 Å². The van der Waals surface area contributed by atoms with Gasteiger partial charge in [0.1, 0.15) is 21.9 Å². The van der Waals surface area contributed by atoms with E-state index < -0.39 is 11.7 Å². The predicted octanol–water partition coefficient (Wildman–Crippen LogP) is 4.41. The Hall–Kier alpha value is -2.55. The van der Waals surface area contributed by atoms with Gasteiger partial charge in [-0.3, -0.25) is 4.40 Å². The lowest BCUT2D eigenvalue weighted by molar-refractivity contribution is -0.137. The SMILES string of the molecule is CCSc1nc2ccccn2c1-c1nc2cc(C(F)(F)F)cnc2n1C. The van der Waals surface area contributed by atoms with Gasteiger partial charge in [-0.15, -0.1) is 11.8 Å². The summed E-state index contributed by atoms with van der Waals surface area (Å²) in [6, 6.07) is 6.67. The second-order valence-electron chi connectivity index (χ2n) is 5.69. The van der Waals surface area contributed by atoms with Crippen molar-refractivity contribution >= 4 is 28.6 Å².